The van der Waals surface area contributed by atoms with Crippen LogP contribution in [-0.4, -0.2) is 12.7 Å². The summed E-state index contributed by atoms with van der Waals surface area (Å²) in [6.07, 6.45) is -3.47. The number of nitrogens with one attached hydrogen (secondary N) is 1. The van der Waals surface area contributed by atoms with Crippen LogP contribution in [0, 0.1) is 0 Å². The quantitative estimate of drug-likeness (QED) is 0.796. The van der Waals surface area contributed by atoms with Crippen molar-refractivity contribution < 1.29 is 17.6 Å². The Morgan fingerprint density at radius 3 is 2.50 bits per heavy atom. The SMILES string of the molecule is CCNC(CCCC(F)(F)F)c1ccc(CC)o1. The fourth-order valence-corrected chi connectivity index (χ4v) is 1.87. The molecule has 0 fully saturated rings. The minimum Gasteiger partial charge on any atom is -0.464 e. The zero-order chi connectivity index (χ0) is 13.6. The van der Waals surface area contributed by atoms with E-state index in [4.69, 9.17) is 4.42 Å². The van der Waals surface area contributed by atoms with Gasteiger partial charge in [-0.25, -0.2) is 0 Å². The molecule has 1 aromatic heterocycles. The molecule has 1 unspecified atom stereocenters. The van der Waals surface area contributed by atoms with Gasteiger partial charge in [0.25, 0.3) is 0 Å². The zero-order valence-corrected chi connectivity index (χ0v) is 10.8. The van der Waals surface area contributed by atoms with E-state index in [0.717, 1.165) is 17.9 Å². The molecule has 1 aromatic rings. The number of furan rings is 1. The lowest BCUT2D eigenvalue weighted by Crippen LogP contribution is -2.21. The van der Waals surface area contributed by atoms with Crippen LogP contribution in [0.4, 0.5) is 13.2 Å². The van der Waals surface area contributed by atoms with Crippen LogP contribution in [0.25, 0.3) is 0 Å². The summed E-state index contributed by atoms with van der Waals surface area (Å²) in [4.78, 5) is 0. The Bertz CT molecular complexity index is 346. The Morgan fingerprint density at radius 2 is 2.00 bits per heavy atom. The van der Waals surface area contributed by atoms with Gasteiger partial charge in [-0.2, -0.15) is 13.2 Å². The number of alkyl halides is 3. The monoisotopic (exact) mass is 263 g/mol. The molecule has 0 aromatic carbocycles. The van der Waals surface area contributed by atoms with Gasteiger partial charge in [-0.3, -0.25) is 0 Å². The lowest BCUT2D eigenvalue weighted by molar-refractivity contribution is -0.135. The summed E-state index contributed by atoms with van der Waals surface area (Å²) in [5, 5.41) is 3.16. The highest BCUT2D eigenvalue weighted by Gasteiger charge is 2.27. The number of hydrogen-bond acceptors (Lipinski definition) is 2. The van der Waals surface area contributed by atoms with Crippen molar-refractivity contribution in [2.75, 3.05) is 6.54 Å². The first-order chi connectivity index (χ1) is 8.46. The van der Waals surface area contributed by atoms with E-state index in [1.165, 1.54) is 0 Å². The Kier molecular flexibility index (Phi) is 5.72. The maximum Gasteiger partial charge on any atom is 0.389 e. The van der Waals surface area contributed by atoms with Crippen molar-refractivity contribution in [2.24, 2.45) is 0 Å². The molecule has 0 saturated carbocycles. The third-order valence-corrected chi connectivity index (χ3v) is 2.78. The first-order valence-electron chi connectivity index (χ1n) is 6.35. The molecule has 0 aliphatic carbocycles. The minimum absolute atomic E-state index is 0.114. The van der Waals surface area contributed by atoms with E-state index in [0.29, 0.717) is 13.0 Å². The molecule has 1 heterocycles. The summed E-state index contributed by atoms with van der Waals surface area (Å²) >= 11 is 0. The molecule has 2 nitrogen and oxygen atoms in total. The van der Waals surface area contributed by atoms with Crippen molar-refractivity contribution in [3.05, 3.63) is 23.7 Å². The number of aryl methyl sites for hydroxylation is 1. The number of halogens is 3. The van der Waals surface area contributed by atoms with E-state index in [1.54, 1.807) is 0 Å². The largest absolute Gasteiger partial charge is 0.464 e. The highest BCUT2D eigenvalue weighted by Crippen LogP contribution is 2.27. The van der Waals surface area contributed by atoms with Crippen molar-refractivity contribution in [3.63, 3.8) is 0 Å². The predicted octanol–water partition coefficient (Wildman–Crippen LogP) is 4.23. The Balaban J connectivity index is 2.54. The van der Waals surface area contributed by atoms with Crippen LogP contribution in [0.15, 0.2) is 16.5 Å². The highest BCUT2D eigenvalue weighted by atomic mass is 19.4. The van der Waals surface area contributed by atoms with E-state index in [-0.39, 0.29) is 12.5 Å². The minimum atomic E-state index is -4.07. The molecule has 0 radical (unpaired) electrons. The molecule has 18 heavy (non-hydrogen) atoms. The van der Waals surface area contributed by atoms with Gasteiger partial charge in [0, 0.05) is 12.8 Å². The third-order valence-electron chi connectivity index (χ3n) is 2.78. The molecule has 0 amide bonds. The lowest BCUT2D eigenvalue weighted by atomic mass is 10.1. The molecule has 1 N–H and O–H groups in total. The summed E-state index contributed by atoms with van der Waals surface area (Å²) in [6, 6.07) is 3.60. The Hall–Kier alpha value is -0.970. The van der Waals surface area contributed by atoms with Gasteiger partial charge in [-0.15, -0.1) is 0 Å². The van der Waals surface area contributed by atoms with Crippen molar-refractivity contribution >= 4 is 0 Å². The van der Waals surface area contributed by atoms with E-state index >= 15 is 0 Å². The van der Waals surface area contributed by atoms with Crippen molar-refractivity contribution in [1.29, 1.82) is 0 Å². The Labute approximate surface area is 106 Å². The van der Waals surface area contributed by atoms with Crippen molar-refractivity contribution in [1.82, 2.24) is 5.32 Å². The molecule has 1 atom stereocenters. The van der Waals surface area contributed by atoms with Gasteiger partial charge in [0.05, 0.1) is 6.04 Å². The van der Waals surface area contributed by atoms with Gasteiger partial charge in [0.2, 0.25) is 0 Å². The van der Waals surface area contributed by atoms with Gasteiger partial charge in [-0.05, 0) is 31.5 Å². The average Bonchev–Trinajstić information content (AvgIpc) is 2.74. The lowest BCUT2D eigenvalue weighted by Gasteiger charge is -2.16. The average molecular weight is 263 g/mol. The van der Waals surface area contributed by atoms with Crippen LogP contribution in [-0.2, 0) is 6.42 Å². The second-order valence-electron chi connectivity index (χ2n) is 4.28. The molecule has 0 aliphatic heterocycles. The van der Waals surface area contributed by atoms with Crippen LogP contribution in [0.1, 0.15) is 50.7 Å². The molecule has 5 heteroatoms. The number of rotatable bonds is 7. The number of hydrogen-bond donors (Lipinski definition) is 1. The van der Waals surface area contributed by atoms with Crippen molar-refractivity contribution in [3.8, 4) is 0 Å². The normalized spacial score (nSPS) is 13.8. The molecule has 104 valence electrons. The summed E-state index contributed by atoms with van der Waals surface area (Å²) in [6.45, 7) is 4.62. The highest BCUT2D eigenvalue weighted by molar-refractivity contribution is 5.10. The van der Waals surface area contributed by atoms with Gasteiger partial charge < -0.3 is 9.73 Å². The van der Waals surface area contributed by atoms with E-state index < -0.39 is 12.6 Å². The van der Waals surface area contributed by atoms with Crippen LogP contribution >= 0.6 is 0 Å². The smallest absolute Gasteiger partial charge is 0.389 e. The van der Waals surface area contributed by atoms with Crippen LogP contribution in [0.2, 0.25) is 0 Å². The molecule has 0 saturated heterocycles. The summed E-state index contributed by atoms with van der Waals surface area (Å²) < 4.78 is 41.9. The van der Waals surface area contributed by atoms with E-state index in [9.17, 15) is 13.2 Å². The molecule has 1 rings (SSSR count). The third kappa shape index (κ3) is 5.12. The first kappa shape index (κ1) is 15.1. The van der Waals surface area contributed by atoms with E-state index in [2.05, 4.69) is 5.32 Å². The second kappa shape index (κ2) is 6.83. The van der Waals surface area contributed by atoms with Gasteiger partial charge >= 0.3 is 6.18 Å². The summed E-state index contributed by atoms with van der Waals surface area (Å²) in [5.74, 6) is 1.60. The molecular weight excluding hydrogens is 243 g/mol. The summed E-state index contributed by atoms with van der Waals surface area (Å²) in [7, 11) is 0. The van der Waals surface area contributed by atoms with Crippen molar-refractivity contribution in [2.45, 2.75) is 51.7 Å². The first-order valence-corrected chi connectivity index (χ1v) is 6.35. The standard InChI is InChI=1S/C13H20F3NO/c1-3-10-7-8-12(18-10)11(17-4-2)6-5-9-13(14,15)16/h7-8,11,17H,3-6,9H2,1-2H3. The molecule has 0 bridgehead atoms. The zero-order valence-electron chi connectivity index (χ0n) is 10.8. The van der Waals surface area contributed by atoms with Crippen LogP contribution in [0.5, 0.6) is 0 Å². The van der Waals surface area contributed by atoms with Crippen LogP contribution < -0.4 is 5.32 Å². The van der Waals surface area contributed by atoms with E-state index in [1.807, 2.05) is 26.0 Å². The van der Waals surface area contributed by atoms with Gasteiger partial charge in [0.15, 0.2) is 0 Å². The molecular formula is C13H20F3NO. The van der Waals surface area contributed by atoms with Gasteiger partial charge in [0.1, 0.15) is 11.5 Å². The fraction of sp³-hybridized carbons (Fsp3) is 0.692. The Morgan fingerprint density at radius 1 is 1.28 bits per heavy atom. The maximum atomic E-state index is 12.1. The topological polar surface area (TPSA) is 25.2 Å². The van der Waals surface area contributed by atoms with Gasteiger partial charge in [-0.1, -0.05) is 13.8 Å². The molecule has 0 aliphatic rings. The fourth-order valence-electron chi connectivity index (χ4n) is 1.87. The maximum absolute atomic E-state index is 12.1. The predicted molar refractivity (Wildman–Crippen MR) is 64.4 cm³/mol. The second-order valence-corrected chi connectivity index (χ2v) is 4.28. The summed E-state index contributed by atoms with van der Waals surface area (Å²) in [5.41, 5.74) is 0. The molecule has 0 spiro atoms. The van der Waals surface area contributed by atoms with Crippen LogP contribution in [0.3, 0.4) is 0 Å².